The lowest BCUT2D eigenvalue weighted by molar-refractivity contribution is -0.146. The van der Waals surface area contributed by atoms with E-state index < -0.39 is 0 Å². The van der Waals surface area contributed by atoms with Gasteiger partial charge in [0.1, 0.15) is 0 Å². The highest BCUT2D eigenvalue weighted by molar-refractivity contribution is 7.10. The zero-order valence-electron chi connectivity index (χ0n) is 13.3. The van der Waals surface area contributed by atoms with Gasteiger partial charge < -0.3 is 9.64 Å². The van der Waals surface area contributed by atoms with E-state index in [0.29, 0.717) is 19.5 Å². The predicted octanol–water partition coefficient (Wildman–Crippen LogP) is 2.52. The molecule has 0 radical (unpaired) electrons. The van der Waals surface area contributed by atoms with Crippen molar-refractivity contribution in [1.82, 2.24) is 9.88 Å². The number of carbonyl (C=O) groups excluding carboxylic acids is 2. The molecule has 2 rings (SSSR count). The average molecular weight is 332 g/mol. The Hall–Kier alpha value is -2.21. The molecule has 0 saturated heterocycles. The molecule has 0 aromatic carbocycles. The fraction of sp³-hybridized carbons (Fsp3) is 0.353. The molecule has 2 heterocycles. The first-order valence-electron chi connectivity index (χ1n) is 7.37. The average Bonchev–Trinajstić information content (AvgIpc) is 3.07. The number of carbonyl (C=O) groups is 2. The van der Waals surface area contributed by atoms with Crippen LogP contribution in [0.5, 0.6) is 0 Å². The molecule has 0 bridgehead atoms. The molecule has 1 amide bonds. The molecular weight excluding hydrogens is 312 g/mol. The summed E-state index contributed by atoms with van der Waals surface area (Å²) in [6, 6.07) is 7.62. The van der Waals surface area contributed by atoms with Crippen molar-refractivity contribution in [3.8, 4) is 0 Å². The Labute approximate surface area is 139 Å². The van der Waals surface area contributed by atoms with Gasteiger partial charge in [-0.1, -0.05) is 19.1 Å². The fourth-order valence-corrected chi connectivity index (χ4v) is 2.94. The van der Waals surface area contributed by atoms with Crippen LogP contribution in [-0.2, 0) is 27.3 Å². The third kappa shape index (κ3) is 5.17. The zero-order valence-corrected chi connectivity index (χ0v) is 14.1. The van der Waals surface area contributed by atoms with Crippen LogP contribution in [0.4, 0.5) is 0 Å². The van der Waals surface area contributed by atoms with Crippen molar-refractivity contribution in [3.63, 3.8) is 0 Å². The number of esters is 1. The number of nitrogens with zero attached hydrogens (tertiary/aromatic N) is 2. The normalized spacial score (nSPS) is 11.7. The molecule has 1 unspecified atom stereocenters. The van der Waals surface area contributed by atoms with Crippen molar-refractivity contribution in [2.75, 3.05) is 13.7 Å². The molecule has 23 heavy (non-hydrogen) atoms. The summed E-state index contributed by atoms with van der Waals surface area (Å²) in [6.07, 6.45) is 3.76. The second-order valence-electron chi connectivity index (χ2n) is 5.32. The monoisotopic (exact) mass is 332 g/mol. The standard InChI is InChI=1S/C17H20N2O3S/c1-13(17(21)22-2)11-19(12-14-5-3-7-18-10-14)16(20)9-15-6-4-8-23-15/h3-8,10,13H,9,11-12H2,1-2H3. The Bertz CT molecular complexity index is 629. The van der Waals surface area contributed by atoms with Gasteiger partial charge in [0, 0.05) is 30.4 Å². The summed E-state index contributed by atoms with van der Waals surface area (Å²) in [5.74, 6) is -0.693. The summed E-state index contributed by atoms with van der Waals surface area (Å²) in [6.45, 7) is 2.52. The third-order valence-electron chi connectivity index (χ3n) is 3.45. The van der Waals surface area contributed by atoms with E-state index in [2.05, 4.69) is 4.98 Å². The second kappa shape index (κ2) is 8.43. The van der Waals surface area contributed by atoms with E-state index in [0.717, 1.165) is 10.4 Å². The molecule has 0 saturated carbocycles. The van der Waals surface area contributed by atoms with Crippen molar-refractivity contribution in [2.45, 2.75) is 19.9 Å². The second-order valence-corrected chi connectivity index (χ2v) is 6.35. The van der Waals surface area contributed by atoms with Crippen molar-refractivity contribution in [3.05, 3.63) is 52.5 Å². The van der Waals surface area contributed by atoms with Crippen LogP contribution < -0.4 is 0 Å². The third-order valence-corrected chi connectivity index (χ3v) is 4.33. The van der Waals surface area contributed by atoms with E-state index in [-0.39, 0.29) is 17.8 Å². The number of rotatable bonds is 7. The minimum atomic E-state index is -0.371. The van der Waals surface area contributed by atoms with Crippen molar-refractivity contribution in [1.29, 1.82) is 0 Å². The Morgan fingerprint density at radius 1 is 1.35 bits per heavy atom. The van der Waals surface area contributed by atoms with Crippen LogP contribution in [0.2, 0.25) is 0 Å². The minimum absolute atomic E-state index is 0.00736. The lowest BCUT2D eigenvalue weighted by Crippen LogP contribution is -2.37. The van der Waals surface area contributed by atoms with Gasteiger partial charge in [-0.3, -0.25) is 14.6 Å². The molecule has 0 N–H and O–H groups in total. The SMILES string of the molecule is COC(=O)C(C)CN(Cc1cccnc1)C(=O)Cc1cccs1. The molecule has 0 aliphatic carbocycles. The maximum Gasteiger partial charge on any atom is 0.310 e. The molecule has 5 nitrogen and oxygen atoms in total. The van der Waals surface area contributed by atoms with Gasteiger partial charge in [-0.15, -0.1) is 11.3 Å². The molecule has 2 aromatic rings. The van der Waals surface area contributed by atoms with Crippen LogP contribution in [0.25, 0.3) is 0 Å². The number of amides is 1. The number of hydrogen-bond donors (Lipinski definition) is 0. The topological polar surface area (TPSA) is 59.5 Å². The summed E-state index contributed by atoms with van der Waals surface area (Å²) in [5, 5.41) is 1.95. The van der Waals surface area contributed by atoms with E-state index in [1.165, 1.54) is 7.11 Å². The smallest absolute Gasteiger partial charge is 0.310 e. The first-order valence-corrected chi connectivity index (χ1v) is 8.25. The highest BCUT2D eigenvalue weighted by Gasteiger charge is 2.22. The van der Waals surface area contributed by atoms with Crippen molar-refractivity contribution < 1.29 is 14.3 Å². The van der Waals surface area contributed by atoms with Gasteiger partial charge >= 0.3 is 5.97 Å². The van der Waals surface area contributed by atoms with E-state index >= 15 is 0 Å². The number of pyridine rings is 1. The largest absolute Gasteiger partial charge is 0.469 e. The fourth-order valence-electron chi connectivity index (χ4n) is 2.25. The minimum Gasteiger partial charge on any atom is -0.469 e. The van der Waals surface area contributed by atoms with E-state index in [4.69, 9.17) is 4.74 Å². The molecule has 0 fully saturated rings. The van der Waals surface area contributed by atoms with Crippen LogP contribution in [0.3, 0.4) is 0 Å². The first-order chi connectivity index (χ1) is 11.1. The van der Waals surface area contributed by atoms with Gasteiger partial charge in [-0.05, 0) is 23.1 Å². The van der Waals surface area contributed by atoms with Gasteiger partial charge in [0.2, 0.25) is 5.91 Å². The predicted molar refractivity (Wildman–Crippen MR) is 88.9 cm³/mol. The van der Waals surface area contributed by atoms with Crippen LogP contribution in [-0.4, -0.2) is 35.4 Å². The zero-order chi connectivity index (χ0) is 16.7. The molecule has 2 aromatic heterocycles. The Kier molecular flexibility index (Phi) is 6.29. The highest BCUT2D eigenvalue weighted by Crippen LogP contribution is 2.14. The van der Waals surface area contributed by atoms with Gasteiger partial charge in [-0.25, -0.2) is 0 Å². The summed E-state index contributed by atoms with van der Waals surface area (Å²) in [7, 11) is 1.36. The molecule has 0 aliphatic rings. The quantitative estimate of drug-likeness (QED) is 0.731. The van der Waals surface area contributed by atoms with Crippen LogP contribution in [0.15, 0.2) is 42.0 Å². The number of hydrogen-bond acceptors (Lipinski definition) is 5. The molecule has 0 aliphatic heterocycles. The summed E-state index contributed by atoms with van der Waals surface area (Å²) < 4.78 is 4.76. The highest BCUT2D eigenvalue weighted by atomic mass is 32.1. The van der Waals surface area contributed by atoms with Gasteiger partial charge in [0.15, 0.2) is 0 Å². The lowest BCUT2D eigenvalue weighted by Gasteiger charge is -2.25. The maximum atomic E-state index is 12.6. The Morgan fingerprint density at radius 2 is 2.17 bits per heavy atom. The van der Waals surface area contributed by atoms with Gasteiger partial charge in [0.05, 0.1) is 19.4 Å². The molecule has 0 spiro atoms. The van der Waals surface area contributed by atoms with Gasteiger partial charge in [0.25, 0.3) is 0 Å². The van der Waals surface area contributed by atoms with Crippen LogP contribution in [0, 0.1) is 5.92 Å². The van der Waals surface area contributed by atoms with E-state index in [1.807, 2.05) is 29.6 Å². The van der Waals surface area contributed by atoms with E-state index in [9.17, 15) is 9.59 Å². The Balaban J connectivity index is 2.09. The van der Waals surface area contributed by atoms with Gasteiger partial charge in [-0.2, -0.15) is 0 Å². The summed E-state index contributed by atoms with van der Waals surface area (Å²) in [5.41, 5.74) is 0.934. The maximum absolute atomic E-state index is 12.6. The van der Waals surface area contributed by atoms with Crippen LogP contribution >= 0.6 is 11.3 Å². The first kappa shape index (κ1) is 17.1. The van der Waals surface area contributed by atoms with Crippen molar-refractivity contribution >= 4 is 23.2 Å². The van der Waals surface area contributed by atoms with E-state index in [1.54, 1.807) is 35.6 Å². The Morgan fingerprint density at radius 3 is 2.78 bits per heavy atom. The number of ether oxygens (including phenoxy) is 1. The molecule has 1 atom stereocenters. The number of aromatic nitrogens is 1. The number of thiophene rings is 1. The molecule has 122 valence electrons. The molecule has 6 heteroatoms. The number of methoxy groups -OCH3 is 1. The summed E-state index contributed by atoms with van der Waals surface area (Å²) >= 11 is 1.55. The lowest BCUT2D eigenvalue weighted by atomic mass is 10.1. The summed E-state index contributed by atoms with van der Waals surface area (Å²) in [4.78, 5) is 31.1. The molecular formula is C17H20N2O3S. The van der Waals surface area contributed by atoms with Crippen molar-refractivity contribution in [2.24, 2.45) is 5.92 Å². The van der Waals surface area contributed by atoms with Crippen LogP contribution in [0.1, 0.15) is 17.4 Å².